The Morgan fingerprint density at radius 1 is 1.26 bits per heavy atom. The van der Waals surface area contributed by atoms with Crippen molar-refractivity contribution >= 4 is 46.1 Å². The van der Waals surface area contributed by atoms with Crippen LogP contribution in [0.2, 0.25) is 10.0 Å². The van der Waals surface area contributed by atoms with Crippen molar-refractivity contribution in [1.29, 1.82) is 0 Å². The lowest BCUT2D eigenvalue weighted by molar-refractivity contribution is -0.115. The highest BCUT2D eigenvalue weighted by molar-refractivity contribution is 6.36. The van der Waals surface area contributed by atoms with Crippen LogP contribution in [-0.2, 0) is 18.3 Å². The van der Waals surface area contributed by atoms with E-state index in [0.29, 0.717) is 27.1 Å². The van der Waals surface area contributed by atoms with Crippen LogP contribution in [0, 0.1) is 5.82 Å². The molecule has 2 aromatic carbocycles. The van der Waals surface area contributed by atoms with E-state index in [2.05, 4.69) is 10.3 Å². The van der Waals surface area contributed by atoms with Crippen LogP contribution in [0.4, 0.5) is 10.3 Å². The predicted octanol–water partition coefficient (Wildman–Crippen LogP) is 4.20. The molecule has 0 fully saturated rings. The van der Waals surface area contributed by atoms with E-state index in [1.165, 1.54) is 12.1 Å². The van der Waals surface area contributed by atoms with Gasteiger partial charge in [-0.2, -0.15) is 0 Å². The van der Waals surface area contributed by atoms with E-state index in [4.69, 9.17) is 23.2 Å². The molecule has 1 aromatic heterocycles. The Morgan fingerprint density at radius 2 is 1.96 bits per heavy atom. The maximum absolute atomic E-state index is 13.3. The van der Waals surface area contributed by atoms with Crippen molar-refractivity contribution in [3.05, 3.63) is 57.8 Å². The number of nitrogens with one attached hydrogen (secondary N) is 1. The van der Waals surface area contributed by atoms with Gasteiger partial charge in [-0.1, -0.05) is 29.3 Å². The van der Waals surface area contributed by atoms with E-state index in [1.54, 1.807) is 35.9 Å². The molecule has 1 N–H and O–H groups in total. The molecule has 0 bridgehead atoms. The molecule has 118 valence electrons. The van der Waals surface area contributed by atoms with Gasteiger partial charge in [0.05, 0.1) is 17.5 Å². The minimum Gasteiger partial charge on any atom is -0.313 e. The molecule has 0 aliphatic rings. The number of carbonyl (C=O) groups excluding carboxylic acids is 1. The average molecular weight is 352 g/mol. The molecule has 0 aliphatic carbocycles. The third-order valence-electron chi connectivity index (χ3n) is 3.49. The molecular formula is C16H12Cl2FN3O. The molecule has 4 nitrogen and oxygen atoms in total. The van der Waals surface area contributed by atoms with Crippen LogP contribution in [0.15, 0.2) is 36.4 Å². The Morgan fingerprint density at radius 3 is 2.65 bits per heavy atom. The molecule has 0 spiro atoms. The first kappa shape index (κ1) is 15.8. The number of rotatable bonds is 3. The van der Waals surface area contributed by atoms with Gasteiger partial charge in [0.15, 0.2) is 0 Å². The summed E-state index contributed by atoms with van der Waals surface area (Å²) < 4.78 is 14.9. The molecule has 3 aromatic rings. The van der Waals surface area contributed by atoms with Gasteiger partial charge < -0.3 is 4.57 Å². The Bertz CT molecular complexity index is 887. The number of anilines is 1. The molecule has 0 saturated carbocycles. The number of hydrogen-bond donors (Lipinski definition) is 1. The second-order valence-corrected chi connectivity index (χ2v) is 5.87. The monoisotopic (exact) mass is 351 g/mol. The zero-order valence-corrected chi connectivity index (χ0v) is 13.6. The van der Waals surface area contributed by atoms with Gasteiger partial charge in [0, 0.05) is 23.2 Å². The maximum atomic E-state index is 13.3. The smallest absolute Gasteiger partial charge is 0.231 e. The molecule has 1 amide bonds. The summed E-state index contributed by atoms with van der Waals surface area (Å²) in [5.41, 5.74) is 1.74. The van der Waals surface area contributed by atoms with Crippen molar-refractivity contribution in [1.82, 2.24) is 9.55 Å². The fourth-order valence-corrected chi connectivity index (χ4v) is 2.85. The number of hydrogen-bond acceptors (Lipinski definition) is 2. The van der Waals surface area contributed by atoms with E-state index >= 15 is 0 Å². The lowest BCUT2D eigenvalue weighted by Gasteiger charge is -2.08. The number of amides is 1. The first-order valence-electron chi connectivity index (χ1n) is 6.80. The molecule has 3 rings (SSSR count). The Balaban J connectivity index is 1.84. The first-order chi connectivity index (χ1) is 11.0. The number of aromatic nitrogens is 2. The second kappa shape index (κ2) is 6.18. The molecular weight excluding hydrogens is 340 g/mol. The average Bonchev–Trinajstić information content (AvgIpc) is 2.79. The van der Waals surface area contributed by atoms with Crippen LogP contribution in [0.1, 0.15) is 5.56 Å². The second-order valence-electron chi connectivity index (χ2n) is 5.05. The SMILES string of the molecule is Cn1c(NC(=O)Cc2c(Cl)cccc2Cl)nc2cc(F)ccc21. The summed E-state index contributed by atoms with van der Waals surface area (Å²) in [5.74, 6) is -0.353. The third kappa shape index (κ3) is 3.16. The summed E-state index contributed by atoms with van der Waals surface area (Å²) in [7, 11) is 1.74. The third-order valence-corrected chi connectivity index (χ3v) is 4.20. The number of fused-ring (bicyclic) bond motifs is 1. The van der Waals surface area contributed by atoms with Crippen molar-refractivity contribution in [2.75, 3.05) is 5.32 Å². The maximum Gasteiger partial charge on any atom is 0.231 e. The Hall–Kier alpha value is -2.11. The van der Waals surface area contributed by atoms with Gasteiger partial charge in [-0.15, -0.1) is 0 Å². The lowest BCUT2D eigenvalue weighted by atomic mass is 10.1. The van der Waals surface area contributed by atoms with Crippen molar-refractivity contribution < 1.29 is 9.18 Å². The minimum atomic E-state index is -0.378. The lowest BCUT2D eigenvalue weighted by Crippen LogP contribution is -2.17. The molecule has 0 saturated heterocycles. The molecule has 7 heteroatoms. The summed E-state index contributed by atoms with van der Waals surface area (Å²) in [5, 5.41) is 3.56. The predicted molar refractivity (Wildman–Crippen MR) is 89.5 cm³/mol. The highest BCUT2D eigenvalue weighted by Gasteiger charge is 2.14. The van der Waals surface area contributed by atoms with Crippen LogP contribution in [0.3, 0.4) is 0 Å². The van der Waals surface area contributed by atoms with Gasteiger partial charge in [0.25, 0.3) is 0 Å². The van der Waals surface area contributed by atoms with Gasteiger partial charge in [-0.3, -0.25) is 10.1 Å². The number of aryl methyl sites for hydroxylation is 1. The highest BCUT2D eigenvalue weighted by Crippen LogP contribution is 2.25. The fraction of sp³-hybridized carbons (Fsp3) is 0.125. The topological polar surface area (TPSA) is 46.9 Å². The number of benzene rings is 2. The quantitative estimate of drug-likeness (QED) is 0.768. The molecule has 0 radical (unpaired) electrons. The number of imidazole rings is 1. The van der Waals surface area contributed by atoms with Gasteiger partial charge in [-0.25, -0.2) is 9.37 Å². The largest absolute Gasteiger partial charge is 0.313 e. The standard InChI is InChI=1S/C16H12Cl2FN3O/c1-22-14-6-5-9(19)7-13(14)20-16(22)21-15(23)8-10-11(17)3-2-4-12(10)18/h2-7H,8H2,1H3,(H,20,21,23). The highest BCUT2D eigenvalue weighted by atomic mass is 35.5. The molecule has 0 atom stereocenters. The van der Waals surface area contributed by atoms with Crippen LogP contribution < -0.4 is 5.32 Å². The zero-order chi connectivity index (χ0) is 16.6. The van der Waals surface area contributed by atoms with Crippen molar-refractivity contribution in [3.63, 3.8) is 0 Å². The summed E-state index contributed by atoms with van der Waals surface area (Å²) in [6.07, 6.45) is 0.0239. The molecule has 0 aliphatic heterocycles. The molecule has 23 heavy (non-hydrogen) atoms. The van der Waals surface area contributed by atoms with E-state index in [-0.39, 0.29) is 18.1 Å². The summed E-state index contributed by atoms with van der Waals surface area (Å²) in [6, 6.07) is 9.33. The van der Waals surface area contributed by atoms with Crippen LogP contribution in [0.5, 0.6) is 0 Å². The van der Waals surface area contributed by atoms with Gasteiger partial charge >= 0.3 is 0 Å². The fourth-order valence-electron chi connectivity index (χ4n) is 2.32. The van der Waals surface area contributed by atoms with Crippen LogP contribution in [-0.4, -0.2) is 15.5 Å². The van der Waals surface area contributed by atoms with Gasteiger partial charge in [-0.05, 0) is 29.8 Å². The van der Waals surface area contributed by atoms with Crippen LogP contribution in [0.25, 0.3) is 11.0 Å². The summed E-state index contributed by atoms with van der Waals surface area (Å²) in [6.45, 7) is 0. The number of carbonyl (C=O) groups is 1. The number of nitrogens with zero attached hydrogens (tertiary/aromatic N) is 2. The number of halogens is 3. The Kier molecular flexibility index (Phi) is 4.24. The summed E-state index contributed by atoms with van der Waals surface area (Å²) in [4.78, 5) is 16.5. The van der Waals surface area contributed by atoms with Crippen molar-refractivity contribution in [2.45, 2.75) is 6.42 Å². The van der Waals surface area contributed by atoms with E-state index < -0.39 is 0 Å². The van der Waals surface area contributed by atoms with E-state index in [0.717, 1.165) is 5.52 Å². The molecule has 1 heterocycles. The zero-order valence-electron chi connectivity index (χ0n) is 12.1. The summed E-state index contributed by atoms with van der Waals surface area (Å²) >= 11 is 12.1. The molecule has 0 unspecified atom stereocenters. The van der Waals surface area contributed by atoms with Crippen LogP contribution >= 0.6 is 23.2 Å². The van der Waals surface area contributed by atoms with Crippen molar-refractivity contribution in [3.8, 4) is 0 Å². The Labute approximate surface area is 141 Å². The van der Waals surface area contributed by atoms with Gasteiger partial charge in [0.2, 0.25) is 11.9 Å². The normalized spacial score (nSPS) is 11.0. The van der Waals surface area contributed by atoms with E-state index in [1.807, 2.05) is 0 Å². The van der Waals surface area contributed by atoms with Gasteiger partial charge in [0.1, 0.15) is 5.82 Å². The first-order valence-corrected chi connectivity index (χ1v) is 7.56. The minimum absolute atomic E-state index is 0.0239. The van der Waals surface area contributed by atoms with Crippen molar-refractivity contribution in [2.24, 2.45) is 7.05 Å². The van der Waals surface area contributed by atoms with E-state index in [9.17, 15) is 9.18 Å².